The van der Waals surface area contributed by atoms with Crippen LogP contribution in [0.5, 0.6) is 0 Å². The summed E-state index contributed by atoms with van der Waals surface area (Å²) in [6, 6.07) is 16.1. The summed E-state index contributed by atoms with van der Waals surface area (Å²) in [6.45, 7) is 8.38. The van der Waals surface area contributed by atoms with Gasteiger partial charge in [-0.15, -0.1) is 0 Å². The quantitative estimate of drug-likeness (QED) is 0.274. The second-order valence-corrected chi connectivity index (χ2v) is 11.1. The Bertz CT molecular complexity index is 1610. The van der Waals surface area contributed by atoms with E-state index in [0.717, 1.165) is 50.1 Å². The summed E-state index contributed by atoms with van der Waals surface area (Å²) in [5.41, 5.74) is 6.90. The second kappa shape index (κ2) is 6.80. The Morgan fingerprint density at radius 2 is 1.47 bits per heavy atom. The third-order valence-corrected chi connectivity index (χ3v) is 7.53. The zero-order valence-electron chi connectivity index (χ0n) is 20.7. The Kier molecular flexibility index (Phi) is 4.02. The van der Waals surface area contributed by atoms with Crippen LogP contribution in [-0.2, 0) is 4.79 Å². The average molecular weight is 477 g/mol. The first kappa shape index (κ1) is 21.3. The van der Waals surface area contributed by atoms with Crippen molar-refractivity contribution < 1.29 is 9.90 Å². The van der Waals surface area contributed by atoms with Crippen LogP contribution < -0.4 is 21.3 Å². The number of carbonyl (C=O) groups is 1. The molecule has 0 fully saturated rings. The molecule has 4 aliphatic rings. The van der Waals surface area contributed by atoms with Gasteiger partial charge >= 0.3 is 0 Å². The van der Waals surface area contributed by atoms with Gasteiger partial charge in [-0.3, -0.25) is 10.1 Å². The maximum absolute atomic E-state index is 13.7. The first-order chi connectivity index (χ1) is 17.1. The summed E-state index contributed by atoms with van der Waals surface area (Å²) in [4.78, 5) is 13.7. The van der Waals surface area contributed by atoms with Crippen LogP contribution in [0.2, 0.25) is 0 Å². The van der Waals surface area contributed by atoms with Gasteiger partial charge in [-0.1, -0.05) is 42.5 Å². The fraction of sp³-hybridized carbons (Fsp3) is 0.233. The van der Waals surface area contributed by atoms with Crippen LogP contribution >= 0.6 is 0 Å². The third-order valence-electron chi connectivity index (χ3n) is 7.53. The fourth-order valence-electron chi connectivity index (χ4n) is 6.16. The highest BCUT2D eigenvalue weighted by Gasteiger charge is 2.41. The van der Waals surface area contributed by atoms with Gasteiger partial charge in [-0.05, 0) is 68.0 Å². The molecule has 0 saturated carbocycles. The molecule has 0 amide bonds. The first-order valence-electron chi connectivity index (χ1n) is 12.4. The van der Waals surface area contributed by atoms with Crippen molar-refractivity contribution in [1.82, 2.24) is 5.32 Å². The van der Waals surface area contributed by atoms with Gasteiger partial charge in [-0.2, -0.15) is 0 Å². The number of benzene rings is 3. The predicted molar refractivity (Wildman–Crippen MR) is 146 cm³/mol. The number of anilines is 3. The molecule has 0 aromatic heterocycles. The summed E-state index contributed by atoms with van der Waals surface area (Å²) in [7, 11) is 0. The molecule has 180 valence electrons. The summed E-state index contributed by atoms with van der Waals surface area (Å²) in [5.74, 6) is -0.0662. The average Bonchev–Trinajstić information content (AvgIpc) is 2.81. The molecule has 5 N–H and O–H groups in total. The van der Waals surface area contributed by atoms with Gasteiger partial charge in [-0.25, -0.2) is 0 Å². The molecule has 7 rings (SSSR count). The number of hydrogen-bond donors (Lipinski definition) is 5. The molecule has 6 heteroatoms. The van der Waals surface area contributed by atoms with E-state index in [1.54, 1.807) is 0 Å². The smallest absolute Gasteiger partial charge is 0.201 e. The Balaban J connectivity index is 1.39. The molecule has 1 atom stereocenters. The molecule has 2 aliphatic carbocycles. The van der Waals surface area contributed by atoms with Crippen LogP contribution in [0.15, 0.2) is 72.0 Å². The maximum Gasteiger partial charge on any atom is 0.201 e. The van der Waals surface area contributed by atoms with Crippen molar-refractivity contribution in [3.05, 3.63) is 88.7 Å². The summed E-state index contributed by atoms with van der Waals surface area (Å²) in [6.07, 6.45) is 4.05. The Hall–Kier alpha value is -4.03. The summed E-state index contributed by atoms with van der Waals surface area (Å²) >= 11 is 0. The van der Waals surface area contributed by atoms with Crippen LogP contribution in [-0.4, -0.2) is 22.2 Å². The number of allylic oxidation sites excluding steroid dienone is 4. The van der Waals surface area contributed by atoms with Gasteiger partial charge in [0.25, 0.3) is 0 Å². The zero-order chi connectivity index (χ0) is 25.0. The van der Waals surface area contributed by atoms with Crippen molar-refractivity contribution in [2.75, 3.05) is 16.0 Å². The maximum atomic E-state index is 13.7. The molecule has 2 aliphatic heterocycles. The highest BCUT2D eigenvalue weighted by atomic mass is 16.3. The van der Waals surface area contributed by atoms with Crippen LogP contribution in [0.4, 0.5) is 17.1 Å². The number of aliphatic hydroxyl groups is 1. The molecule has 0 bridgehead atoms. The van der Waals surface area contributed by atoms with Crippen LogP contribution in [0.3, 0.4) is 0 Å². The fourth-order valence-corrected chi connectivity index (χ4v) is 6.16. The topological polar surface area (TPSA) is 85.4 Å². The molecule has 2 heterocycles. The lowest BCUT2D eigenvalue weighted by Gasteiger charge is -2.42. The molecule has 3 aromatic carbocycles. The van der Waals surface area contributed by atoms with Crippen LogP contribution in [0.1, 0.15) is 50.4 Å². The van der Waals surface area contributed by atoms with E-state index in [4.69, 9.17) is 0 Å². The van der Waals surface area contributed by atoms with Crippen molar-refractivity contribution in [2.45, 2.75) is 45.1 Å². The number of hydrogen-bond acceptors (Lipinski definition) is 6. The summed E-state index contributed by atoms with van der Waals surface area (Å²) < 4.78 is 0. The van der Waals surface area contributed by atoms with E-state index in [1.807, 2.05) is 48.5 Å². The first-order valence-corrected chi connectivity index (χ1v) is 12.4. The van der Waals surface area contributed by atoms with E-state index in [2.05, 4.69) is 61.1 Å². The molecule has 3 aromatic rings. The van der Waals surface area contributed by atoms with Gasteiger partial charge < -0.3 is 21.1 Å². The molecular weight excluding hydrogens is 448 g/mol. The number of carbonyl (C=O) groups excluding carboxylic acids is 1. The van der Waals surface area contributed by atoms with E-state index in [1.165, 1.54) is 0 Å². The Labute approximate surface area is 209 Å². The molecule has 6 nitrogen and oxygen atoms in total. The molecule has 0 spiro atoms. The van der Waals surface area contributed by atoms with E-state index in [9.17, 15) is 9.90 Å². The molecule has 0 saturated heterocycles. The van der Waals surface area contributed by atoms with Crippen molar-refractivity contribution >= 4 is 44.8 Å². The number of aliphatic hydroxyl groups excluding tert-OH is 1. The Morgan fingerprint density at radius 3 is 2.25 bits per heavy atom. The van der Waals surface area contributed by atoms with E-state index in [0.29, 0.717) is 11.1 Å². The minimum absolute atomic E-state index is 0.0438. The van der Waals surface area contributed by atoms with Crippen molar-refractivity contribution in [2.24, 2.45) is 0 Å². The third kappa shape index (κ3) is 2.85. The monoisotopic (exact) mass is 476 g/mol. The standard InChI is InChI=1S/C30H28N4O2/c1-29(2)31-19-9-5-7-15-17(11-13-21(33-29)23(15)19)25-27(35)26(28(25)36)18-12-14-22-24-16(18)8-6-10-20(24)32-30(3,4)34-22/h5-14,21,31-35H,1-4H3. The number of ketones is 1. The molecule has 0 radical (unpaired) electrons. The largest absolute Gasteiger partial charge is 0.506 e. The molecular formula is C30H28N4O2. The summed E-state index contributed by atoms with van der Waals surface area (Å²) in [5, 5.41) is 27.5. The number of Topliss-reactive ketones (excluding diaryl/α,β-unsaturated/α-hetero) is 1. The number of nitrogens with one attached hydrogen (secondary N) is 4. The molecule has 36 heavy (non-hydrogen) atoms. The SMILES string of the molecule is CC1(C)Nc2cccc3c(C4=C(O)C(=C5C=CC6NC(C)(C)Nc7cccc5c76)C4=O)ccc(c23)N1. The molecule has 1 unspecified atom stereocenters. The minimum atomic E-state index is -0.285. The number of rotatable bonds is 1. The van der Waals surface area contributed by atoms with Crippen LogP contribution in [0.25, 0.3) is 21.9 Å². The van der Waals surface area contributed by atoms with Crippen LogP contribution in [0, 0.1) is 0 Å². The van der Waals surface area contributed by atoms with E-state index in [-0.39, 0.29) is 28.9 Å². The highest BCUT2D eigenvalue weighted by Crippen LogP contribution is 2.49. The van der Waals surface area contributed by atoms with E-state index < -0.39 is 0 Å². The minimum Gasteiger partial charge on any atom is -0.506 e. The normalized spacial score (nSPS) is 24.4. The highest BCUT2D eigenvalue weighted by molar-refractivity contribution is 6.43. The van der Waals surface area contributed by atoms with Gasteiger partial charge in [0.1, 0.15) is 11.4 Å². The van der Waals surface area contributed by atoms with Gasteiger partial charge in [0.2, 0.25) is 5.78 Å². The zero-order valence-corrected chi connectivity index (χ0v) is 20.7. The lowest BCUT2D eigenvalue weighted by molar-refractivity contribution is -0.111. The van der Waals surface area contributed by atoms with Gasteiger partial charge in [0.05, 0.1) is 22.9 Å². The second-order valence-electron chi connectivity index (χ2n) is 11.1. The van der Waals surface area contributed by atoms with Crippen molar-refractivity contribution in [3.8, 4) is 0 Å². The lowest BCUT2D eigenvalue weighted by atomic mass is 9.75. The van der Waals surface area contributed by atoms with Crippen molar-refractivity contribution in [3.63, 3.8) is 0 Å². The Morgan fingerprint density at radius 1 is 0.778 bits per heavy atom. The van der Waals surface area contributed by atoms with Gasteiger partial charge in [0, 0.05) is 28.0 Å². The lowest BCUT2D eigenvalue weighted by Crippen LogP contribution is -2.51. The van der Waals surface area contributed by atoms with E-state index >= 15 is 0 Å². The predicted octanol–water partition coefficient (Wildman–Crippen LogP) is 6.08. The van der Waals surface area contributed by atoms with Crippen molar-refractivity contribution in [1.29, 1.82) is 0 Å². The van der Waals surface area contributed by atoms with Gasteiger partial charge in [0.15, 0.2) is 0 Å².